The summed E-state index contributed by atoms with van der Waals surface area (Å²) >= 11 is 0. The second-order valence-electron chi connectivity index (χ2n) is 6.34. The lowest BCUT2D eigenvalue weighted by atomic mass is 10.1. The first-order valence-electron chi connectivity index (χ1n) is 8.18. The van der Waals surface area contributed by atoms with Gasteiger partial charge in [0.05, 0.1) is 23.2 Å². The third kappa shape index (κ3) is 3.57. The van der Waals surface area contributed by atoms with E-state index in [0.29, 0.717) is 25.5 Å². The first-order valence-corrected chi connectivity index (χ1v) is 8.18. The molecule has 5 nitrogen and oxygen atoms in total. The largest absolute Gasteiger partial charge is 0.418 e. The maximum atomic E-state index is 13.4. The summed E-state index contributed by atoms with van der Waals surface area (Å²) in [5.74, 6) is 0.563. The zero-order chi connectivity index (χ0) is 18.9. The number of nitriles is 1. The lowest BCUT2D eigenvalue weighted by Crippen LogP contribution is -2.36. The van der Waals surface area contributed by atoms with Crippen molar-refractivity contribution < 1.29 is 13.2 Å². The van der Waals surface area contributed by atoms with E-state index >= 15 is 0 Å². The van der Waals surface area contributed by atoms with E-state index in [4.69, 9.17) is 5.26 Å². The summed E-state index contributed by atoms with van der Waals surface area (Å²) in [5, 5.41) is 8.90. The molecule has 1 aliphatic heterocycles. The zero-order valence-electron chi connectivity index (χ0n) is 14.5. The van der Waals surface area contributed by atoms with E-state index in [2.05, 4.69) is 9.97 Å². The maximum absolute atomic E-state index is 13.4. The number of benzene rings is 1. The van der Waals surface area contributed by atoms with Gasteiger partial charge in [0, 0.05) is 37.7 Å². The lowest BCUT2D eigenvalue weighted by molar-refractivity contribution is -0.137. The number of anilines is 2. The summed E-state index contributed by atoms with van der Waals surface area (Å²) in [6.07, 6.45) is -2.14. The molecule has 1 fully saturated rings. The first-order chi connectivity index (χ1) is 12.3. The molecule has 0 bridgehead atoms. The highest BCUT2D eigenvalue weighted by Crippen LogP contribution is 2.38. The van der Waals surface area contributed by atoms with Gasteiger partial charge in [0.15, 0.2) is 0 Å². The molecule has 1 saturated heterocycles. The number of aromatic nitrogens is 2. The van der Waals surface area contributed by atoms with Crippen LogP contribution >= 0.6 is 0 Å². The Balaban J connectivity index is 1.84. The van der Waals surface area contributed by atoms with Gasteiger partial charge in [-0.25, -0.2) is 9.97 Å². The molecule has 0 spiro atoms. The van der Waals surface area contributed by atoms with E-state index in [1.54, 1.807) is 23.2 Å². The predicted octanol–water partition coefficient (Wildman–Crippen LogP) is 3.39. The van der Waals surface area contributed by atoms with E-state index < -0.39 is 11.7 Å². The number of rotatable bonds is 3. The average molecular weight is 361 g/mol. The lowest BCUT2D eigenvalue weighted by Gasteiger charge is -2.27. The Hall–Kier alpha value is -2.82. The fourth-order valence-corrected chi connectivity index (χ4v) is 3.15. The number of hydrogen-bond acceptors (Lipinski definition) is 5. The fraction of sp³-hybridized carbons (Fsp3) is 0.389. The zero-order valence-corrected chi connectivity index (χ0v) is 14.5. The van der Waals surface area contributed by atoms with Gasteiger partial charge in [0.25, 0.3) is 0 Å². The number of hydrogen-bond donors (Lipinski definition) is 0. The minimum atomic E-state index is -4.51. The number of halogens is 3. The third-order valence-electron chi connectivity index (χ3n) is 4.58. The molecule has 1 aromatic heterocycles. The summed E-state index contributed by atoms with van der Waals surface area (Å²) in [6.45, 7) is 2.80. The minimum absolute atomic E-state index is 0.00195. The number of likely N-dealkylation sites (N-methyl/N-ethyl adjacent to an activating group) is 1. The van der Waals surface area contributed by atoms with Crippen molar-refractivity contribution in [1.29, 1.82) is 5.26 Å². The van der Waals surface area contributed by atoms with Crippen LogP contribution in [0.1, 0.15) is 23.2 Å². The van der Waals surface area contributed by atoms with Crippen LogP contribution in [0.2, 0.25) is 0 Å². The average Bonchev–Trinajstić information content (AvgIpc) is 3.09. The molecule has 2 aromatic rings. The summed E-state index contributed by atoms with van der Waals surface area (Å²) in [4.78, 5) is 12.2. The molecular formula is C18H18F3N5. The summed E-state index contributed by atoms with van der Waals surface area (Å²) in [6, 6.07) is 7.29. The molecule has 0 N–H and O–H groups in total. The van der Waals surface area contributed by atoms with Crippen LogP contribution in [-0.4, -0.2) is 36.1 Å². The smallest absolute Gasteiger partial charge is 0.369 e. The van der Waals surface area contributed by atoms with Crippen molar-refractivity contribution in [2.24, 2.45) is 0 Å². The standard InChI is InChI=1S/C18H18F3N5/c1-12-5-7-23-17(24-12)25(2)14-6-8-26(11-14)16-4-3-13(10-22)9-15(16)18(19,20)21/h3-5,7,9,14H,6,8,11H2,1-2H3. The van der Waals surface area contributed by atoms with Gasteiger partial charge in [-0.2, -0.15) is 18.4 Å². The van der Waals surface area contributed by atoms with Gasteiger partial charge in [0.1, 0.15) is 0 Å². The molecule has 0 saturated carbocycles. The van der Waals surface area contributed by atoms with Crippen LogP contribution in [0.5, 0.6) is 0 Å². The number of nitrogens with zero attached hydrogens (tertiary/aromatic N) is 5. The summed E-state index contributed by atoms with van der Waals surface area (Å²) < 4.78 is 40.3. The molecule has 26 heavy (non-hydrogen) atoms. The number of alkyl halides is 3. The molecule has 2 heterocycles. The fourth-order valence-electron chi connectivity index (χ4n) is 3.15. The molecule has 1 aromatic carbocycles. The predicted molar refractivity (Wildman–Crippen MR) is 91.9 cm³/mol. The van der Waals surface area contributed by atoms with Crippen molar-refractivity contribution >= 4 is 11.6 Å². The van der Waals surface area contributed by atoms with E-state index in [9.17, 15) is 13.2 Å². The SMILES string of the molecule is Cc1ccnc(N(C)C2CCN(c3ccc(C#N)cc3C(F)(F)F)C2)n1. The van der Waals surface area contributed by atoms with Crippen molar-refractivity contribution in [3.8, 4) is 6.07 Å². The Morgan fingerprint density at radius 3 is 2.73 bits per heavy atom. The highest BCUT2D eigenvalue weighted by atomic mass is 19.4. The van der Waals surface area contributed by atoms with E-state index in [1.165, 1.54) is 12.1 Å². The quantitative estimate of drug-likeness (QED) is 0.839. The van der Waals surface area contributed by atoms with Crippen LogP contribution in [0.3, 0.4) is 0 Å². The van der Waals surface area contributed by atoms with Gasteiger partial charge in [-0.15, -0.1) is 0 Å². The minimum Gasteiger partial charge on any atom is -0.369 e. The van der Waals surface area contributed by atoms with Crippen LogP contribution in [0.4, 0.5) is 24.8 Å². The summed E-state index contributed by atoms with van der Waals surface area (Å²) in [5.41, 5.74) is 0.175. The summed E-state index contributed by atoms with van der Waals surface area (Å²) in [7, 11) is 1.85. The van der Waals surface area contributed by atoms with Crippen LogP contribution < -0.4 is 9.80 Å². The van der Waals surface area contributed by atoms with Crippen LogP contribution in [0, 0.1) is 18.3 Å². The van der Waals surface area contributed by atoms with Crippen LogP contribution in [-0.2, 0) is 6.18 Å². The van der Waals surface area contributed by atoms with Gasteiger partial charge >= 0.3 is 6.18 Å². The van der Waals surface area contributed by atoms with Crippen LogP contribution in [0.25, 0.3) is 0 Å². The third-order valence-corrected chi connectivity index (χ3v) is 4.58. The Labute approximate surface area is 149 Å². The van der Waals surface area contributed by atoms with Gasteiger partial charge < -0.3 is 9.80 Å². The Bertz CT molecular complexity index is 843. The highest BCUT2D eigenvalue weighted by molar-refractivity contribution is 5.59. The topological polar surface area (TPSA) is 56.1 Å². The molecular weight excluding hydrogens is 343 g/mol. The molecule has 1 aliphatic rings. The van der Waals surface area contributed by atoms with Gasteiger partial charge in [-0.05, 0) is 37.6 Å². The van der Waals surface area contributed by atoms with Crippen molar-refractivity contribution in [1.82, 2.24) is 9.97 Å². The monoisotopic (exact) mass is 361 g/mol. The van der Waals surface area contributed by atoms with Gasteiger partial charge in [-0.1, -0.05) is 0 Å². The van der Waals surface area contributed by atoms with E-state index in [-0.39, 0.29) is 17.3 Å². The molecule has 8 heteroatoms. The van der Waals surface area contributed by atoms with E-state index in [0.717, 1.165) is 11.8 Å². The second-order valence-corrected chi connectivity index (χ2v) is 6.34. The molecule has 0 radical (unpaired) electrons. The Morgan fingerprint density at radius 2 is 2.08 bits per heavy atom. The molecule has 3 rings (SSSR count). The Kier molecular flexibility index (Phi) is 4.72. The first kappa shape index (κ1) is 18.0. The molecule has 1 unspecified atom stereocenters. The van der Waals surface area contributed by atoms with Gasteiger partial charge in [-0.3, -0.25) is 0 Å². The van der Waals surface area contributed by atoms with Crippen molar-refractivity contribution in [2.45, 2.75) is 25.6 Å². The second kappa shape index (κ2) is 6.83. The molecule has 0 aliphatic carbocycles. The van der Waals surface area contributed by atoms with Crippen molar-refractivity contribution in [2.75, 3.05) is 29.9 Å². The maximum Gasteiger partial charge on any atom is 0.418 e. The molecule has 136 valence electrons. The van der Waals surface area contributed by atoms with E-state index in [1.807, 2.05) is 18.9 Å². The molecule has 1 atom stereocenters. The van der Waals surface area contributed by atoms with Crippen molar-refractivity contribution in [3.05, 3.63) is 47.3 Å². The highest BCUT2D eigenvalue weighted by Gasteiger charge is 2.37. The normalized spacial score (nSPS) is 17.2. The van der Waals surface area contributed by atoms with Crippen molar-refractivity contribution in [3.63, 3.8) is 0 Å². The molecule has 0 amide bonds. The van der Waals surface area contributed by atoms with Crippen LogP contribution in [0.15, 0.2) is 30.5 Å². The Morgan fingerprint density at radius 1 is 1.31 bits per heavy atom. The number of aryl methyl sites for hydroxylation is 1. The van der Waals surface area contributed by atoms with Gasteiger partial charge in [0.2, 0.25) is 5.95 Å².